The lowest BCUT2D eigenvalue weighted by molar-refractivity contribution is -0.121. The molecule has 1 saturated carbocycles. The van der Waals surface area contributed by atoms with Crippen LogP contribution >= 0.6 is 0 Å². The molecule has 3 heteroatoms. The van der Waals surface area contributed by atoms with Gasteiger partial charge in [0.25, 0.3) is 0 Å². The predicted molar refractivity (Wildman–Crippen MR) is 68.4 cm³/mol. The molecular weight excluding hydrogens is 214 g/mol. The number of amides is 1. The summed E-state index contributed by atoms with van der Waals surface area (Å²) in [5.41, 5.74) is 0.904. The van der Waals surface area contributed by atoms with Gasteiger partial charge >= 0.3 is 0 Å². The predicted octanol–water partition coefficient (Wildman–Crippen LogP) is 2.85. The van der Waals surface area contributed by atoms with Crippen molar-refractivity contribution >= 4 is 11.6 Å². The number of carbonyl (C=O) groups excluding carboxylic acids is 1. The van der Waals surface area contributed by atoms with Crippen LogP contribution in [-0.4, -0.2) is 20.1 Å². The Morgan fingerprint density at radius 3 is 2.71 bits per heavy atom. The fraction of sp³-hybridized carbons (Fsp3) is 0.500. The number of benzene rings is 1. The lowest BCUT2D eigenvalue weighted by Crippen LogP contribution is -2.31. The first-order chi connectivity index (χ1) is 8.22. The van der Waals surface area contributed by atoms with E-state index in [1.807, 2.05) is 31.3 Å². The van der Waals surface area contributed by atoms with Gasteiger partial charge in [0.2, 0.25) is 5.91 Å². The Kier molecular flexibility index (Phi) is 3.67. The molecule has 3 nitrogen and oxygen atoms in total. The Labute approximate surface area is 102 Å². The van der Waals surface area contributed by atoms with E-state index in [4.69, 9.17) is 4.74 Å². The summed E-state index contributed by atoms with van der Waals surface area (Å²) in [4.78, 5) is 14.0. The maximum Gasteiger partial charge on any atom is 0.229 e. The number of rotatable bonds is 3. The number of ether oxygens (including phenoxy) is 1. The summed E-state index contributed by atoms with van der Waals surface area (Å²) < 4.78 is 5.17. The van der Waals surface area contributed by atoms with Gasteiger partial charge in [0, 0.05) is 24.7 Å². The molecule has 2 rings (SSSR count). The Morgan fingerprint density at radius 2 is 2.06 bits per heavy atom. The van der Waals surface area contributed by atoms with Crippen molar-refractivity contribution in [2.75, 3.05) is 19.1 Å². The molecule has 0 radical (unpaired) electrons. The van der Waals surface area contributed by atoms with Gasteiger partial charge < -0.3 is 9.64 Å². The fourth-order valence-electron chi connectivity index (χ4n) is 2.39. The topological polar surface area (TPSA) is 29.5 Å². The average Bonchev–Trinajstić information content (AvgIpc) is 2.91. The van der Waals surface area contributed by atoms with Crippen LogP contribution < -0.4 is 9.64 Å². The zero-order valence-electron chi connectivity index (χ0n) is 10.5. The molecule has 0 spiro atoms. The van der Waals surface area contributed by atoms with Crippen molar-refractivity contribution in [1.29, 1.82) is 0 Å². The molecule has 0 saturated heterocycles. The highest BCUT2D eigenvalue weighted by Crippen LogP contribution is 2.28. The number of carbonyl (C=O) groups is 1. The summed E-state index contributed by atoms with van der Waals surface area (Å²) in [6.45, 7) is 0. The molecule has 1 amide bonds. The van der Waals surface area contributed by atoms with E-state index >= 15 is 0 Å². The average molecular weight is 233 g/mol. The summed E-state index contributed by atoms with van der Waals surface area (Å²) in [7, 11) is 3.48. The second-order valence-electron chi connectivity index (χ2n) is 4.58. The molecule has 0 unspecified atom stereocenters. The Bertz CT molecular complexity index is 397. The smallest absolute Gasteiger partial charge is 0.229 e. The number of nitrogens with zero attached hydrogens (tertiary/aromatic N) is 1. The second kappa shape index (κ2) is 5.21. The van der Waals surface area contributed by atoms with Crippen LogP contribution in [-0.2, 0) is 4.79 Å². The normalized spacial score (nSPS) is 15.9. The van der Waals surface area contributed by atoms with Gasteiger partial charge in [-0.1, -0.05) is 18.9 Å². The van der Waals surface area contributed by atoms with Gasteiger partial charge in [-0.2, -0.15) is 0 Å². The number of anilines is 1. The minimum Gasteiger partial charge on any atom is -0.497 e. The highest BCUT2D eigenvalue weighted by Gasteiger charge is 2.26. The number of hydrogen-bond donors (Lipinski definition) is 0. The van der Waals surface area contributed by atoms with Crippen molar-refractivity contribution in [2.45, 2.75) is 25.7 Å². The third-order valence-electron chi connectivity index (χ3n) is 3.48. The van der Waals surface area contributed by atoms with E-state index in [9.17, 15) is 4.79 Å². The van der Waals surface area contributed by atoms with E-state index in [0.29, 0.717) is 0 Å². The quantitative estimate of drug-likeness (QED) is 0.803. The van der Waals surface area contributed by atoms with Crippen LogP contribution in [0.25, 0.3) is 0 Å². The highest BCUT2D eigenvalue weighted by atomic mass is 16.5. The first kappa shape index (κ1) is 12.0. The Balaban J connectivity index is 2.12. The first-order valence-electron chi connectivity index (χ1n) is 6.14. The zero-order valence-corrected chi connectivity index (χ0v) is 10.5. The molecule has 0 bridgehead atoms. The molecule has 1 aliphatic rings. The van der Waals surface area contributed by atoms with Crippen LogP contribution in [0.1, 0.15) is 25.7 Å². The molecule has 17 heavy (non-hydrogen) atoms. The third-order valence-corrected chi connectivity index (χ3v) is 3.48. The molecule has 0 atom stereocenters. The van der Waals surface area contributed by atoms with Gasteiger partial charge in [-0.25, -0.2) is 0 Å². The number of hydrogen-bond acceptors (Lipinski definition) is 2. The van der Waals surface area contributed by atoms with Gasteiger partial charge in [0.1, 0.15) is 5.75 Å². The summed E-state index contributed by atoms with van der Waals surface area (Å²) >= 11 is 0. The molecule has 0 heterocycles. The van der Waals surface area contributed by atoms with Gasteiger partial charge in [-0.05, 0) is 25.0 Å². The van der Waals surface area contributed by atoms with Crippen LogP contribution in [0.15, 0.2) is 24.3 Å². The first-order valence-corrected chi connectivity index (χ1v) is 6.14. The van der Waals surface area contributed by atoms with Crippen LogP contribution in [0, 0.1) is 5.92 Å². The monoisotopic (exact) mass is 233 g/mol. The van der Waals surface area contributed by atoms with Crippen molar-refractivity contribution in [3.8, 4) is 5.75 Å². The van der Waals surface area contributed by atoms with E-state index in [1.54, 1.807) is 12.0 Å². The lowest BCUT2D eigenvalue weighted by Gasteiger charge is -2.21. The summed E-state index contributed by atoms with van der Waals surface area (Å²) in [6.07, 6.45) is 4.44. The Morgan fingerprint density at radius 1 is 1.35 bits per heavy atom. The minimum atomic E-state index is 0.214. The van der Waals surface area contributed by atoms with Gasteiger partial charge in [0.15, 0.2) is 0 Å². The van der Waals surface area contributed by atoms with E-state index in [-0.39, 0.29) is 11.8 Å². The third kappa shape index (κ3) is 2.60. The molecule has 0 N–H and O–H groups in total. The van der Waals surface area contributed by atoms with Crippen LogP contribution in [0.5, 0.6) is 5.75 Å². The van der Waals surface area contributed by atoms with Crippen LogP contribution in [0.3, 0.4) is 0 Å². The molecule has 1 aromatic carbocycles. The lowest BCUT2D eigenvalue weighted by atomic mass is 10.1. The van der Waals surface area contributed by atoms with E-state index in [1.165, 1.54) is 12.8 Å². The maximum absolute atomic E-state index is 12.2. The molecule has 1 fully saturated rings. The molecule has 1 aromatic rings. The van der Waals surface area contributed by atoms with E-state index < -0.39 is 0 Å². The summed E-state index contributed by atoms with van der Waals surface area (Å²) in [6, 6.07) is 7.63. The molecule has 0 aromatic heterocycles. The largest absolute Gasteiger partial charge is 0.497 e. The van der Waals surface area contributed by atoms with Gasteiger partial charge in [-0.3, -0.25) is 4.79 Å². The van der Waals surface area contributed by atoms with Crippen molar-refractivity contribution < 1.29 is 9.53 Å². The van der Waals surface area contributed by atoms with Crippen LogP contribution in [0.2, 0.25) is 0 Å². The van der Waals surface area contributed by atoms with Crippen molar-refractivity contribution in [1.82, 2.24) is 0 Å². The van der Waals surface area contributed by atoms with Crippen molar-refractivity contribution in [3.63, 3.8) is 0 Å². The molecule has 1 aliphatic carbocycles. The molecular formula is C14H19NO2. The minimum absolute atomic E-state index is 0.214. The van der Waals surface area contributed by atoms with Crippen LogP contribution in [0.4, 0.5) is 5.69 Å². The van der Waals surface area contributed by atoms with Crippen molar-refractivity contribution in [3.05, 3.63) is 24.3 Å². The van der Waals surface area contributed by atoms with Gasteiger partial charge in [-0.15, -0.1) is 0 Å². The maximum atomic E-state index is 12.2. The fourth-order valence-corrected chi connectivity index (χ4v) is 2.39. The zero-order chi connectivity index (χ0) is 12.3. The second-order valence-corrected chi connectivity index (χ2v) is 4.58. The number of methoxy groups -OCH3 is 1. The van der Waals surface area contributed by atoms with Crippen molar-refractivity contribution in [2.24, 2.45) is 5.92 Å². The summed E-state index contributed by atoms with van der Waals surface area (Å²) in [5, 5.41) is 0. The standard InChI is InChI=1S/C14H19NO2/c1-15(14(16)11-6-3-4-7-11)12-8-5-9-13(10-12)17-2/h5,8-11H,3-4,6-7H2,1-2H3. The Hall–Kier alpha value is -1.51. The molecule has 0 aliphatic heterocycles. The molecule has 92 valence electrons. The van der Waals surface area contributed by atoms with E-state index in [0.717, 1.165) is 24.3 Å². The SMILES string of the molecule is COc1cccc(N(C)C(=O)C2CCCC2)c1. The van der Waals surface area contributed by atoms with Gasteiger partial charge in [0.05, 0.1) is 7.11 Å². The highest BCUT2D eigenvalue weighted by molar-refractivity contribution is 5.94. The van der Waals surface area contributed by atoms with E-state index in [2.05, 4.69) is 0 Å². The summed E-state index contributed by atoms with van der Waals surface area (Å²) in [5.74, 6) is 1.23.